The van der Waals surface area contributed by atoms with Gasteiger partial charge in [-0.2, -0.15) is 5.26 Å². The quantitative estimate of drug-likeness (QED) is 0.588. The van der Waals surface area contributed by atoms with Crippen molar-refractivity contribution in [3.05, 3.63) is 23.8 Å². The summed E-state index contributed by atoms with van der Waals surface area (Å²) < 4.78 is 39.2. The van der Waals surface area contributed by atoms with Gasteiger partial charge in [0.1, 0.15) is 5.75 Å². The molecule has 1 rings (SSSR count). The minimum Gasteiger partial charge on any atom is -0.406 e. The lowest BCUT2D eigenvalue weighted by Crippen LogP contribution is -2.17. The highest BCUT2D eigenvalue weighted by Crippen LogP contribution is 2.25. The molecule has 0 fully saturated rings. The number of nitriles is 1. The molecule has 0 heterocycles. The van der Waals surface area contributed by atoms with E-state index in [4.69, 9.17) is 11.0 Å². The summed E-state index contributed by atoms with van der Waals surface area (Å²) in [7, 11) is 0. The van der Waals surface area contributed by atoms with E-state index in [1.54, 1.807) is 6.07 Å². The molecule has 0 unspecified atom stereocenters. The van der Waals surface area contributed by atoms with Gasteiger partial charge in [-0.1, -0.05) is 0 Å². The van der Waals surface area contributed by atoms with Gasteiger partial charge in [-0.3, -0.25) is 0 Å². The van der Waals surface area contributed by atoms with Gasteiger partial charge in [0, 0.05) is 17.6 Å². The lowest BCUT2D eigenvalue weighted by Gasteiger charge is -2.09. The van der Waals surface area contributed by atoms with Crippen LogP contribution in [0.5, 0.6) is 5.75 Å². The third kappa shape index (κ3) is 3.43. The standard InChI is InChI=1S/C10H5F3N2O/c11-10(12,13)16-8-4-3-7(2-1-5-14)9(15)6-8/h3-4,6H,15H2. The Kier molecular flexibility index (Phi) is 3.27. The Hall–Kier alpha value is -2.34. The topological polar surface area (TPSA) is 59.0 Å². The van der Waals surface area contributed by atoms with Crippen LogP contribution in [0.1, 0.15) is 5.56 Å². The molecule has 6 heteroatoms. The van der Waals surface area contributed by atoms with Crippen LogP contribution >= 0.6 is 0 Å². The first-order valence-electron chi connectivity index (χ1n) is 3.98. The number of hydrogen-bond donors (Lipinski definition) is 1. The molecule has 1 aromatic rings. The summed E-state index contributed by atoms with van der Waals surface area (Å²) in [6.07, 6.45) is -4.76. The van der Waals surface area contributed by atoms with E-state index in [-0.39, 0.29) is 11.3 Å². The van der Waals surface area contributed by atoms with Gasteiger partial charge in [0.05, 0.1) is 5.69 Å². The first-order valence-corrected chi connectivity index (χ1v) is 3.98. The second-order valence-electron chi connectivity index (χ2n) is 2.66. The van der Waals surface area contributed by atoms with Gasteiger partial charge in [-0.05, 0) is 18.1 Å². The maximum absolute atomic E-state index is 11.8. The van der Waals surface area contributed by atoms with Crippen molar-refractivity contribution in [1.29, 1.82) is 5.26 Å². The van der Waals surface area contributed by atoms with E-state index in [0.29, 0.717) is 0 Å². The number of halogens is 3. The van der Waals surface area contributed by atoms with Gasteiger partial charge in [0.2, 0.25) is 0 Å². The molecule has 0 radical (unpaired) electrons. The van der Waals surface area contributed by atoms with Crippen molar-refractivity contribution in [1.82, 2.24) is 0 Å². The zero-order chi connectivity index (χ0) is 12.2. The number of nitrogens with zero attached hydrogens (tertiary/aromatic N) is 1. The van der Waals surface area contributed by atoms with Crippen LogP contribution in [0.15, 0.2) is 18.2 Å². The zero-order valence-corrected chi connectivity index (χ0v) is 7.80. The molecule has 1 aromatic carbocycles. The van der Waals surface area contributed by atoms with Crippen LogP contribution in [0.25, 0.3) is 0 Å². The lowest BCUT2D eigenvalue weighted by atomic mass is 10.2. The maximum Gasteiger partial charge on any atom is 0.573 e. The number of nitrogen functional groups attached to an aromatic ring is 1. The van der Waals surface area contributed by atoms with Crippen LogP contribution in [0, 0.1) is 23.2 Å². The number of hydrogen-bond acceptors (Lipinski definition) is 3. The van der Waals surface area contributed by atoms with Gasteiger partial charge >= 0.3 is 6.36 Å². The average molecular weight is 226 g/mol. The van der Waals surface area contributed by atoms with Crippen molar-refractivity contribution >= 4 is 5.69 Å². The summed E-state index contributed by atoms with van der Waals surface area (Å²) in [4.78, 5) is 0. The van der Waals surface area contributed by atoms with Crippen LogP contribution in [0.4, 0.5) is 18.9 Å². The zero-order valence-electron chi connectivity index (χ0n) is 7.80. The number of nitrogens with two attached hydrogens (primary N) is 1. The molecule has 0 aliphatic carbocycles. The van der Waals surface area contributed by atoms with Crippen molar-refractivity contribution in [2.24, 2.45) is 0 Å². The van der Waals surface area contributed by atoms with Crippen LogP contribution in [0.3, 0.4) is 0 Å². The monoisotopic (exact) mass is 226 g/mol. The number of rotatable bonds is 1. The van der Waals surface area contributed by atoms with E-state index in [9.17, 15) is 13.2 Å². The second kappa shape index (κ2) is 4.45. The molecule has 2 N–H and O–H groups in total. The van der Waals surface area contributed by atoms with Crippen LogP contribution < -0.4 is 10.5 Å². The molecule has 0 amide bonds. The van der Waals surface area contributed by atoms with Gasteiger partial charge in [-0.15, -0.1) is 13.2 Å². The molecule has 0 atom stereocenters. The van der Waals surface area contributed by atoms with E-state index in [1.807, 2.05) is 0 Å². The van der Waals surface area contributed by atoms with E-state index in [0.717, 1.165) is 12.1 Å². The summed E-state index contributed by atoms with van der Waals surface area (Å²) in [6.45, 7) is 0. The fourth-order valence-electron chi connectivity index (χ4n) is 0.947. The Bertz CT molecular complexity index is 492. The predicted molar refractivity (Wildman–Crippen MR) is 50.0 cm³/mol. The van der Waals surface area contributed by atoms with E-state index in [2.05, 4.69) is 16.6 Å². The molecule has 0 aromatic heterocycles. The smallest absolute Gasteiger partial charge is 0.406 e. The maximum atomic E-state index is 11.8. The van der Waals surface area contributed by atoms with Crippen molar-refractivity contribution in [2.45, 2.75) is 6.36 Å². The van der Waals surface area contributed by atoms with Crippen LogP contribution in [-0.2, 0) is 0 Å². The minimum atomic E-state index is -4.76. The fourth-order valence-corrected chi connectivity index (χ4v) is 0.947. The highest BCUT2D eigenvalue weighted by atomic mass is 19.4. The molecule has 0 saturated heterocycles. The molecule has 82 valence electrons. The largest absolute Gasteiger partial charge is 0.573 e. The van der Waals surface area contributed by atoms with Crippen molar-refractivity contribution in [3.63, 3.8) is 0 Å². The molecule has 0 saturated carbocycles. The van der Waals surface area contributed by atoms with Crippen LogP contribution in [-0.4, -0.2) is 6.36 Å². The Labute approximate surface area is 89.2 Å². The summed E-state index contributed by atoms with van der Waals surface area (Å²) in [5.41, 5.74) is 5.71. The summed E-state index contributed by atoms with van der Waals surface area (Å²) >= 11 is 0. The summed E-state index contributed by atoms with van der Waals surface area (Å²) in [6, 6.07) is 4.89. The average Bonchev–Trinajstić information content (AvgIpc) is 2.14. The minimum absolute atomic E-state index is 0.0181. The van der Waals surface area contributed by atoms with E-state index >= 15 is 0 Å². The molecule has 16 heavy (non-hydrogen) atoms. The lowest BCUT2D eigenvalue weighted by molar-refractivity contribution is -0.274. The Balaban J connectivity index is 2.97. The van der Waals surface area contributed by atoms with Crippen molar-refractivity contribution in [2.75, 3.05) is 5.73 Å². The Morgan fingerprint density at radius 2 is 2.00 bits per heavy atom. The van der Waals surface area contributed by atoms with Crippen LogP contribution in [0.2, 0.25) is 0 Å². The highest BCUT2D eigenvalue weighted by Gasteiger charge is 2.31. The first-order chi connectivity index (χ1) is 7.42. The Morgan fingerprint density at radius 1 is 1.31 bits per heavy atom. The number of anilines is 1. The Morgan fingerprint density at radius 3 is 2.50 bits per heavy atom. The summed E-state index contributed by atoms with van der Waals surface area (Å²) in [5, 5.41) is 8.19. The molecule has 0 spiro atoms. The first kappa shape index (κ1) is 11.7. The third-order valence-electron chi connectivity index (χ3n) is 1.51. The molecular weight excluding hydrogens is 221 g/mol. The number of alkyl halides is 3. The molecule has 0 bridgehead atoms. The number of benzene rings is 1. The van der Waals surface area contributed by atoms with Gasteiger partial charge in [0.25, 0.3) is 0 Å². The molecule has 0 aliphatic heterocycles. The van der Waals surface area contributed by atoms with Crippen molar-refractivity contribution in [3.8, 4) is 23.7 Å². The van der Waals surface area contributed by atoms with Gasteiger partial charge in [0.15, 0.2) is 6.07 Å². The van der Waals surface area contributed by atoms with Gasteiger partial charge < -0.3 is 10.5 Å². The highest BCUT2D eigenvalue weighted by molar-refractivity contribution is 5.59. The van der Waals surface area contributed by atoms with E-state index in [1.165, 1.54) is 6.07 Å². The van der Waals surface area contributed by atoms with Gasteiger partial charge in [-0.25, -0.2) is 0 Å². The predicted octanol–water partition coefficient (Wildman–Crippen LogP) is 2.04. The molecular formula is C10H5F3N2O. The summed E-state index contributed by atoms with van der Waals surface area (Å²) in [5.74, 6) is 4.04. The van der Waals surface area contributed by atoms with E-state index < -0.39 is 12.1 Å². The number of ether oxygens (including phenoxy) is 1. The third-order valence-corrected chi connectivity index (χ3v) is 1.51. The second-order valence-corrected chi connectivity index (χ2v) is 2.66. The normalized spacial score (nSPS) is 9.88. The van der Waals surface area contributed by atoms with Crippen molar-refractivity contribution < 1.29 is 17.9 Å². The molecule has 3 nitrogen and oxygen atoms in total. The fraction of sp³-hybridized carbons (Fsp3) is 0.100. The molecule has 0 aliphatic rings. The SMILES string of the molecule is N#CC#Cc1ccc(OC(F)(F)F)cc1N.